The van der Waals surface area contributed by atoms with Crippen molar-refractivity contribution in [2.75, 3.05) is 38.7 Å². The van der Waals surface area contributed by atoms with E-state index in [1.165, 1.54) is 0 Å². The highest BCUT2D eigenvalue weighted by Crippen LogP contribution is 2.29. The molecule has 2 aliphatic rings. The Morgan fingerprint density at radius 2 is 2.12 bits per heavy atom. The topological polar surface area (TPSA) is 96.0 Å². The monoisotopic (exact) mass is 462 g/mol. The number of aliphatic hydroxyl groups is 1. The fraction of sp³-hybridized carbons (Fsp3) is 0.385. The van der Waals surface area contributed by atoms with Crippen molar-refractivity contribution in [2.45, 2.75) is 31.5 Å². The number of anilines is 1. The van der Waals surface area contributed by atoms with E-state index in [-0.39, 0.29) is 12.5 Å². The maximum atomic E-state index is 11.6. The van der Waals surface area contributed by atoms with Crippen LogP contribution in [0.2, 0.25) is 0 Å². The number of ether oxygens (including phenoxy) is 2. The summed E-state index contributed by atoms with van der Waals surface area (Å²) in [7, 11) is 1.62. The molecule has 1 amide bonds. The SMILES string of the molecule is COc1cnc2cccc(C(O)CN3CCC(NCc4ccc5c(c4)NC(=O)CO5)CC3)c2c1. The molecule has 1 unspecified atom stereocenters. The third-order valence-corrected chi connectivity index (χ3v) is 6.62. The molecule has 0 saturated carbocycles. The molecule has 34 heavy (non-hydrogen) atoms. The first-order valence-electron chi connectivity index (χ1n) is 11.7. The Hall–Kier alpha value is -3.20. The second-order valence-corrected chi connectivity index (χ2v) is 8.93. The predicted molar refractivity (Wildman–Crippen MR) is 130 cm³/mol. The summed E-state index contributed by atoms with van der Waals surface area (Å²) in [4.78, 5) is 18.3. The van der Waals surface area contributed by atoms with E-state index in [9.17, 15) is 9.90 Å². The number of fused-ring (bicyclic) bond motifs is 2. The Morgan fingerprint density at radius 3 is 2.94 bits per heavy atom. The minimum absolute atomic E-state index is 0.0729. The number of aromatic nitrogens is 1. The Labute approximate surface area is 198 Å². The molecule has 3 heterocycles. The normalized spacial score (nSPS) is 17.6. The standard InChI is InChI=1S/C26H30N4O4/c1-33-19-12-21-20(3-2-4-22(21)28-14-19)24(31)15-30-9-7-18(8-10-30)27-13-17-5-6-25-23(11-17)29-26(32)16-34-25/h2-6,11-12,14,18,24,27,31H,7-10,13,15-16H2,1H3,(H,29,32). The molecule has 1 aromatic heterocycles. The number of aliphatic hydroxyl groups excluding tert-OH is 1. The molecule has 0 radical (unpaired) electrons. The molecule has 5 rings (SSSR count). The first kappa shape index (κ1) is 22.6. The molecular formula is C26H30N4O4. The van der Waals surface area contributed by atoms with E-state index in [0.717, 1.165) is 65.9 Å². The number of carbonyl (C=O) groups is 1. The molecule has 8 heteroatoms. The van der Waals surface area contributed by atoms with Gasteiger partial charge < -0.3 is 30.1 Å². The number of pyridine rings is 1. The molecule has 2 aromatic carbocycles. The fourth-order valence-corrected chi connectivity index (χ4v) is 4.72. The van der Waals surface area contributed by atoms with Crippen LogP contribution in [0.15, 0.2) is 48.7 Å². The van der Waals surface area contributed by atoms with E-state index in [1.807, 2.05) is 42.5 Å². The number of likely N-dealkylation sites (tertiary alicyclic amines) is 1. The predicted octanol–water partition coefficient (Wildman–Crippen LogP) is 2.86. The molecular weight excluding hydrogens is 432 g/mol. The van der Waals surface area contributed by atoms with Gasteiger partial charge in [-0.2, -0.15) is 0 Å². The van der Waals surface area contributed by atoms with Gasteiger partial charge in [0.15, 0.2) is 6.61 Å². The number of amides is 1. The van der Waals surface area contributed by atoms with Crippen LogP contribution in [-0.2, 0) is 11.3 Å². The van der Waals surface area contributed by atoms with Crippen molar-refractivity contribution < 1.29 is 19.4 Å². The van der Waals surface area contributed by atoms with Gasteiger partial charge in [0.2, 0.25) is 0 Å². The van der Waals surface area contributed by atoms with Crippen LogP contribution < -0.4 is 20.1 Å². The number of β-amino-alcohol motifs (C(OH)–C–C–N with tert-alkyl or cyclic N) is 1. The van der Waals surface area contributed by atoms with E-state index in [2.05, 4.69) is 20.5 Å². The van der Waals surface area contributed by atoms with Crippen molar-refractivity contribution in [3.8, 4) is 11.5 Å². The summed E-state index contributed by atoms with van der Waals surface area (Å²) >= 11 is 0. The number of hydrogen-bond donors (Lipinski definition) is 3. The lowest BCUT2D eigenvalue weighted by molar-refractivity contribution is -0.118. The molecule has 3 N–H and O–H groups in total. The first-order chi connectivity index (χ1) is 16.6. The number of nitrogens with one attached hydrogen (secondary N) is 2. The van der Waals surface area contributed by atoms with Crippen LogP contribution in [0.4, 0.5) is 5.69 Å². The van der Waals surface area contributed by atoms with Crippen molar-refractivity contribution in [2.24, 2.45) is 0 Å². The van der Waals surface area contributed by atoms with Crippen LogP contribution in [-0.4, -0.2) is 60.3 Å². The Kier molecular flexibility index (Phi) is 6.62. The number of piperidine rings is 1. The molecule has 0 bridgehead atoms. The summed E-state index contributed by atoms with van der Waals surface area (Å²) in [5.41, 5.74) is 3.59. The van der Waals surface area contributed by atoms with Gasteiger partial charge in [-0.05, 0) is 61.3 Å². The molecule has 0 aliphatic carbocycles. The molecule has 1 fully saturated rings. The number of benzene rings is 2. The number of rotatable bonds is 7. The highest BCUT2D eigenvalue weighted by atomic mass is 16.5. The van der Waals surface area contributed by atoms with Crippen LogP contribution in [0, 0.1) is 0 Å². The minimum atomic E-state index is -0.588. The lowest BCUT2D eigenvalue weighted by Gasteiger charge is -2.34. The van der Waals surface area contributed by atoms with Crippen molar-refractivity contribution >= 4 is 22.5 Å². The largest absolute Gasteiger partial charge is 0.495 e. The van der Waals surface area contributed by atoms with Crippen LogP contribution in [0.3, 0.4) is 0 Å². The van der Waals surface area contributed by atoms with Crippen LogP contribution in [0.1, 0.15) is 30.1 Å². The first-order valence-corrected chi connectivity index (χ1v) is 11.7. The van der Waals surface area contributed by atoms with Gasteiger partial charge in [-0.3, -0.25) is 9.78 Å². The lowest BCUT2D eigenvalue weighted by atomic mass is 10.0. The van der Waals surface area contributed by atoms with Gasteiger partial charge in [-0.1, -0.05) is 18.2 Å². The van der Waals surface area contributed by atoms with Gasteiger partial charge in [0.1, 0.15) is 11.5 Å². The molecule has 0 spiro atoms. The maximum absolute atomic E-state index is 11.6. The van der Waals surface area contributed by atoms with Crippen molar-refractivity contribution in [3.63, 3.8) is 0 Å². The molecule has 3 aromatic rings. The summed E-state index contributed by atoms with van der Waals surface area (Å²) in [6, 6.07) is 14.1. The van der Waals surface area contributed by atoms with E-state index < -0.39 is 6.10 Å². The fourth-order valence-electron chi connectivity index (χ4n) is 4.72. The second-order valence-electron chi connectivity index (χ2n) is 8.93. The van der Waals surface area contributed by atoms with Crippen LogP contribution >= 0.6 is 0 Å². The highest BCUT2D eigenvalue weighted by Gasteiger charge is 2.23. The molecule has 8 nitrogen and oxygen atoms in total. The van der Waals surface area contributed by atoms with Gasteiger partial charge in [-0.15, -0.1) is 0 Å². The van der Waals surface area contributed by atoms with Gasteiger partial charge in [0, 0.05) is 24.5 Å². The van der Waals surface area contributed by atoms with Crippen molar-refractivity contribution in [3.05, 3.63) is 59.8 Å². The smallest absolute Gasteiger partial charge is 0.262 e. The summed E-state index contributed by atoms with van der Waals surface area (Å²) < 4.78 is 10.7. The Bertz CT molecular complexity index is 1180. The zero-order chi connectivity index (χ0) is 23.5. The number of nitrogens with zero attached hydrogens (tertiary/aromatic N) is 2. The number of carbonyl (C=O) groups excluding carboxylic acids is 1. The highest BCUT2D eigenvalue weighted by molar-refractivity contribution is 5.95. The summed E-state index contributed by atoms with van der Waals surface area (Å²) in [5, 5.41) is 18.4. The van der Waals surface area contributed by atoms with Crippen LogP contribution in [0.25, 0.3) is 10.9 Å². The second kappa shape index (κ2) is 9.97. The summed E-state index contributed by atoms with van der Waals surface area (Å²) in [5.74, 6) is 1.29. The van der Waals surface area contributed by atoms with Crippen LogP contribution in [0.5, 0.6) is 11.5 Å². The molecule has 178 valence electrons. The quantitative estimate of drug-likeness (QED) is 0.497. The third kappa shape index (κ3) is 4.99. The van der Waals surface area contributed by atoms with E-state index in [1.54, 1.807) is 13.3 Å². The number of methoxy groups -OCH3 is 1. The molecule has 1 saturated heterocycles. The van der Waals surface area contributed by atoms with Crippen molar-refractivity contribution in [1.29, 1.82) is 0 Å². The Balaban J connectivity index is 1.14. The average Bonchev–Trinajstić information content (AvgIpc) is 2.87. The lowest BCUT2D eigenvalue weighted by Crippen LogP contribution is -2.43. The molecule has 2 aliphatic heterocycles. The Morgan fingerprint density at radius 1 is 1.26 bits per heavy atom. The minimum Gasteiger partial charge on any atom is -0.495 e. The van der Waals surface area contributed by atoms with E-state index in [4.69, 9.17) is 9.47 Å². The van der Waals surface area contributed by atoms with E-state index >= 15 is 0 Å². The van der Waals surface area contributed by atoms with Gasteiger partial charge >= 0.3 is 0 Å². The zero-order valence-electron chi connectivity index (χ0n) is 19.3. The number of hydrogen-bond acceptors (Lipinski definition) is 7. The summed E-state index contributed by atoms with van der Waals surface area (Å²) in [6.07, 6.45) is 3.14. The van der Waals surface area contributed by atoms with Crippen molar-refractivity contribution in [1.82, 2.24) is 15.2 Å². The van der Waals surface area contributed by atoms with Gasteiger partial charge in [0.25, 0.3) is 5.91 Å². The molecule has 1 atom stereocenters. The van der Waals surface area contributed by atoms with Gasteiger partial charge in [-0.25, -0.2) is 0 Å². The summed E-state index contributed by atoms with van der Waals surface area (Å²) in [6.45, 7) is 3.25. The zero-order valence-corrected chi connectivity index (χ0v) is 19.3. The third-order valence-electron chi connectivity index (χ3n) is 6.62. The average molecular weight is 463 g/mol. The maximum Gasteiger partial charge on any atom is 0.262 e. The van der Waals surface area contributed by atoms with Gasteiger partial charge in [0.05, 0.1) is 30.6 Å². The van der Waals surface area contributed by atoms with E-state index in [0.29, 0.717) is 18.3 Å².